The summed E-state index contributed by atoms with van der Waals surface area (Å²) in [6, 6.07) is -1.19. The lowest BCUT2D eigenvalue weighted by atomic mass is 9.98. The van der Waals surface area contributed by atoms with E-state index in [0.29, 0.717) is 19.3 Å². The number of amides is 1. The summed E-state index contributed by atoms with van der Waals surface area (Å²) in [6.45, 7) is 3.44. The van der Waals surface area contributed by atoms with E-state index < -0.39 is 74.2 Å². The van der Waals surface area contributed by atoms with Crippen LogP contribution >= 0.6 is 0 Å². The van der Waals surface area contributed by atoms with Crippen molar-refractivity contribution in [2.45, 2.75) is 287 Å². The maximum absolute atomic E-state index is 13.1. The Morgan fingerprint density at radius 2 is 0.952 bits per heavy atom. The Balaban J connectivity index is 2.40. The number of aliphatic hydroxyl groups is 7. The van der Waals surface area contributed by atoms with E-state index >= 15 is 0 Å². The second-order valence-corrected chi connectivity index (χ2v) is 18.6. The van der Waals surface area contributed by atoms with Gasteiger partial charge in [0.1, 0.15) is 36.6 Å². The normalized spacial score (nSPS) is 21.3. The minimum absolute atomic E-state index is 0.249. The number of rotatable bonds is 44. The first-order chi connectivity index (χ1) is 30.7. The molecule has 1 rings (SSSR count). The topological polar surface area (TPSA) is 189 Å². The van der Waals surface area contributed by atoms with Gasteiger partial charge in [-0.2, -0.15) is 0 Å². The van der Waals surface area contributed by atoms with Crippen molar-refractivity contribution in [2.24, 2.45) is 0 Å². The fourth-order valence-electron chi connectivity index (χ4n) is 8.40. The fraction of sp³-hybridized carbons (Fsp3) is 0.904. The lowest BCUT2D eigenvalue weighted by Gasteiger charge is -2.40. The van der Waals surface area contributed by atoms with Gasteiger partial charge in [0.2, 0.25) is 5.91 Å². The third-order valence-corrected chi connectivity index (χ3v) is 12.7. The van der Waals surface area contributed by atoms with Gasteiger partial charge in [-0.1, -0.05) is 205 Å². The Labute approximate surface area is 384 Å². The van der Waals surface area contributed by atoms with Crippen LogP contribution in [0.15, 0.2) is 24.3 Å². The number of ether oxygens (including phenoxy) is 2. The summed E-state index contributed by atoms with van der Waals surface area (Å²) in [4.78, 5) is 13.1. The summed E-state index contributed by atoms with van der Waals surface area (Å²) < 4.78 is 11.1. The average molecular weight is 898 g/mol. The van der Waals surface area contributed by atoms with Crippen LogP contribution in [0.2, 0.25) is 0 Å². The van der Waals surface area contributed by atoms with Crippen molar-refractivity contribution in [1.29, 1.82) is 0 Å². The van der Waals surface area contributed by atoms with Gasteiger partial charge >= 0.3 is 0 Å². The molecular formula is C52H99NO10. The smallest absolute Gasteiger partial charge is 0.249 e. The lowest BCUT2D eigenvalue weighted by Crippen LogP contribution is -2.60. The predicted octanol–water partition coefficient (Wildman–Crippen LogP) is 9.79. The van der Waals surface area contributed by atoms with E-state index in [1.54, 1.807) is 0 Å². The minimum Gasteiger partial charge on any atom is -0.394 e. The number of carbonyl (C=O) groups excluding carboxylic acids is 1. The molecule has 0 radical (unpaired) electrons. The zero-order chi connectivity index (χ0) is 46.2. The van der Waals surface area contributed by atoms with Crippen LogP contribution in [0.4, 0.5) is 0 Å². The molecule has 9 atom stereocenters. The summed E-state index contributed by atoms with van der Waals surface area (Å²) in [5.41, 5.74) is 0. The third-order valence-electron chi connectivity index (χ3n) is 12.7. The van der Waals surface area contributed by atoms with Gasteiger partial charge in [0.15, 0.2) is 6.29 Å². The van der Waals surface area contributed by atoms with E-state index in [1.165, 1.54) is 148 Å². The second kappa shape index (κ2) is 42.0. The number of hydrogen-bond donors (Lipinski definition) is 8. The van der Waals surface area contributed by atoms with E-state index in [0.717, 1.165) is 38.5 Å². The molecule has 0 aliphatic carbocycles. The van der Waals surface area contributed by atoms with Crippen molar-refractivity contribution < 1.29 is 50.0 Å². The number of nitrogens with one attached hydrogen (secondary N) is 1. The van der Waals surface area contributed by atoms with Crippen LogP contribution in [-0.4, -0.2) is 110 Å². The van der Waals surface area contributed by atoms with Crippen molar-refractivity contribution in [3.63, 3.8) is 0 Å². The molecule has 0 saturated carbocycles. The molecule has 0 aromatic carbocycles. The second-order valence-electron chi connectivity index (χ2n) is 18.6. The van der Waals surface area contributed by atoms with Crippen LogP contribution in [0, 0.1) is 0 Å². The van der Waals surface area contributed by atoms with Gasteiger partial charge in [-0.3, -0.25) is 4.79 Å². The monoisotopic (exact) mass is 898 g/mol. The Kier molecular flexibility index (Phi) is 39.7. The van der Waals surface area contributed by atoms with Gasteiger partial charge in [-0.05, 0) is 51.4 Å². The lowest BCUT2D eigenvalue weighted by molar-refractivity contribution is -0.303. The van der Waals surface area contributed by atoms with E-state index in [4.69, 9.17) is 9.47 Å². The molecule has 8 N–H and O–H groups in total. The number of unbranched alkanes of at least 4 members (excludes halogenated alkanes) is 28. The van der Waals surface area contributed by atoms with Crippen molar-refractivity contribution >= 4 is 5.91 Å². The van der Waals surface area contributed by atoms with Crippen LogP contribution < -0.4 is 5.32 Å². The highest BCUT2D eigenvalue weighted by Crippen LogP contribution is 2.23. The Hall–Kier alpha value is -1.41. The van der Waals surface area contributed by atoms with E-state index in [1.807, 2.05) is 0 Å². The van der Waals surface area contributed by atoms with E-state index in [-0.39, 0.29) is 12.8 Å². The summed E-state index contributed by atoms with van der Waals surface area (Å²) in [6.07, 6.45) is 36.6. The number of aliphatic hydroxyl groups excluding tert-OH is 7. The molecule has 0 aromatic heterocycles. The van der Waals surface area contributed by atoms with Crippen molar-refractivity contribution in [1.82, 2.24) is 5.32 Å². The van der Waals surface area contributed by atoms with Crippen LogP contribution in [0.5, 0.6) is 0 Å². The first kappa shape index (κ1) is 59.6. The molecule has 9 unspecified atom stereocenters. The summed E-state index contributed by atoms with van der Waals surface area (Å²) in [7, 11) is 0. The Morgan fingerprint density at radius 3 is 1.41 bits per heavy atom. The standard InChI is InChI=1S/C52H99NO10/c1-3-5-7-9-11-13-15-17-19-20-21-22-23-24-25-26-28-29-31-33-35-37-39-44(55)47(57)43(42-62-52-50(60)49(59)48(58)46(41-54)63-52)53-51(61)45(56)40-38-36-34-32-30-27-18-16-14-12-10-8-6-4-2/h25-26,31,33,43-50,52,54-60H,3-24,27-30,32,34-42H2,1-2H3,(H,53,61)/b26-25+,33-31+. The zero-order valence-corrected chi connectivity index (χ0v) is 40.3. The molecule has 1 aliphatic heterocycles. The molecule has 11 heteroatoms. The van der Waals surface area contributed by atoms with Gasteiger partial charge in [0, 0.05) is 0 Å². The highest BCUT2D eigenvalue weighted by molar-refractivity contribution is 5.80. The minimum atomic E-state index is -1.67. The van der Waals surface area contributed by atoms with Crippen LogP contribution in [0.3, 0.4) is 0 Å². The van der Waals surface area contributed by atoms with Crippen LogP contribution in [0.1, 0.15) is 232 Å². The third kappa shape index (κ3) is 31.2. The molecule has 63 heavy (non-hydrogen) atoms. The molecule has 0 bridgehead atoms. The van der Waals surface area contributed by atoms with Crippen molar-refractivity contribution in [3.8, 4) is 0 Å². The van der Waals surface area contributed by atoms with Gasteiger partial charge in [-0.15, -0.1) is 0 Å². The highest BCUT2D eigenvalue weighted by Gasteiger charge is 2.44. The number of allylic oxidation sites excluding steroid dienone is 4. The van der Waals surface area contributed by atoms with Crippen LogP contribution in [0.25, 0.3) is 0 Å². The molecule has 1 fully saturated rings. The van der Waals surface area contributed by atoms with Gasteiger partial charge in [-0.25, -0.2) is 0 Å². The molecule has 1 amide bonds. The van der Waals surface area contributed by atoms with E-state index in [2.05, 4.69) is 43.5 Å². The Morgan fingerprint density at radius 1 is 0.540 bits per heavy atom. The largest absolute Gasteiger partial charge is 0.394 e. The number of carbonyl (C=O) groups is 1. The molecular weight excluding hydrogens is 799 g/mol. The quantitative estimate of drug-likeness (QED) is 0.0216. The van der Waals surface area contributed by atoms with Crippen molar-refractivity contribution in [2.75, 3.05) is 13.2 Å². The Bertz CT molecular complexity index is 1080. The first-order valence-electron chi connectivity index (χ1n) is 26.2. The molecule has 1 aliphatic rings. The summed E-state index contributed by atoms with van der Waals surface area (Å²) in [5.74, 6) is -0.709. The molecule has 372 valence electrons. The zero-order valence-electron chi connectivity index (χ0n) is 40.3. The van der Waals surface area contributed by atoms with E-state index in [9.17, 15) is 40.5 Å². The van der Waals surface area contributed by atoms with Gasteiger partial charge < -0.3 is 50.5 Å². The molecule has 11 nitrogen and oxygen atoms in total. The first-order valence-corrected chi connectivity index (χ1v) is 26.2. The van der Waals surface area contributed by atoms with Crippen molar-refractivity contribution in [3.05, 3.63) is 24.3 Å². The molecule has 1 heterocycles. The molecule has 0 aromatic rings. The number of hydrogen-bond acceptors (Lipinski definition) is 10. The highest BCUT2D eigenvalue weighted by atomic mass is 16.7. The SMILES string of the molecule is CCCCCCCCCCCCCCC/C=C/CC/C=C/CCCC(O)C(O)C(COC1OC(CO)C(O)C(O)C1O)NC(=O)C(O)CCCCCCCCCCCCCCCC. The fourth-order valence-corrected chi connectivity index (χ4v) is 8.40. The summed E-state index contributed by atoms with van der Waals surface area (Å²) >= 11 is 0. The average Bonchev–Trinajstić information content (AvgIpc) is 3.28. The maximum atomic E-state index is 13.1. The van der Waals surface area contributed by atoms with Gasteiger partial charge in [0.05, 0.1) is 25.4 Å². The van der Waals surface area contributed by atoms with Gasteiger partial charge in [0.25, 0.3) is 0 Å². The molecule has 1 saturated heterocycles. The maximum Gasteiger partial charge on any atom is 0.249 e. The van der Waals surface area contributed by atoms with Crippen LogP contribution in [-0.2, 0) is 14.3 Å². The predicted molar refractivity (Wildman–Crippen MR) is 256 cm³/mol. The summed E-state index contributed by atoms with van der Waals surface area (Å²) in [5, 5.41) is 75.8. The molecule has 0 spiro atoms.